The summed E-state index contributed by atoms with van der Waals surface area (Å²) < 4.78 is 33.8. The summed E-state index contributed by atoms with van der Waals surface area (Å²) in [5.74, 6) is -1.80. The van der Waals surface area contributed by atoms with Crippen molar-refractivity contribution in [3.8, 4) is 0 Å². The maximum atomic E-state index is 14.2. The molecule has 3 heterocycles. The van der Waals surface area contributed by atoms with Crippen molar-refractivity contribution in [1.29, 1.82) is 0 Å². The molecule has 3 aromatic heterocycles. The maximum Gasteiger partial charge on any atom is 0.296 e. The zero-order valence-corrected chi connectivity index (χ0v) is 16.2. The summed E-state index contributed by atoms with van der Waals surface area (Å²) in [5, 5.41) is 1.02. The number of fused-ring (bicyclic) bond motifs is 2. The molecule has 0 aliphatic heterocycles. The molecule has 5 rings (SSSR count). The van der Waals surface area contributed by atoms with E-state index in [9.17, 15) is 13.6 Å². The number of benzene rings is 2. The summed E-state index contributed by atoms with van der Waals surface area (Å²) in [6, 6.07) is 16.2. The van der Waals surface area contributed by atoms with Crippen molar-refractivity contribution >= 4 is 43.6 Å². The van der Waals surface area contributed by atoms with Gasteiger partial charge >= 0.3 is 0 Å². The Morgan fingerprint density at radius 3 is 2.70 bits per heavy atom. The Kier molecular flexibility index (Phi) is 4.48. The Labute approximate surface area is 173 Å². The highest BCUT2D eigenvalue weighted by molar-refractivity contribution is 7.22. The van der Waals surface area contributed by atoms with Gasteiger partial charge < -0.3 is 4.42 Å². The first-order valence-electron chi connectivity index (χ1n) is 9.04. The number of nitrogens with zero attached hydrogens (tertiary/aromatic N) is 3. The number of halogens is 2. The molecule has 0 unspecified atom stereocenters. The van der Waals surface area contributed by atoms with Crippen molar-refractivity contribution in [2.45, 2.75) is 6.54 Å². The van der Waals surface area contributed by atoms with Gasteiger partial charge in [-0.1, -0.05) is 35.6 Å². The molecule has 0 N–H and O–H groups in total. The SMILES string of the molecule is O=C(c1cc2ccccc2o1)N(Cc1ccccn1)c1nc2c(F)cc(F)cc2s1. The van der Waals surface area contributed by atoms with Crippen molar-refractivity contribution in [3.05, 3.63) is 89.9 Å². The minimum absolute atomic E-state index is 0.0137. The van der Waals surface area contributed by atoms with E-state index < -0.39 is 17.5 Å². The normalized spacial score (nSPS) is 11.3. The molecule has 0 radical (unpaired) electrons. The van der Waals surface area contributed by atoms with Gasteiger partial charge in [0.15, 0.2) is 16.7 Å². The lowest BCUT2D eigenvalue weighted by Crippen LogP contribution is -2.30. The number of pyridine rings is 1. The molecule has 1 amide bonds. The van der Waals surface area contributed by atoms with E-state index in [1.165, 1.54) is 11.0 Å². The number of aromatic nitrogens is 2. The van der Waals surface area contributed by atoms with Crippen molar-refractivity contribution in [2.24, 2.45) is 0 Å². The molecule has 0 spiro atoms. The predicted octanol–water partition coefficient (Wildman–Crippen LogP) is 5.56. The van der Waals surface area contributed by atoms with Crippen LogP contribution in [0.3, 0.4) is 0 Å². The van der Waals surface area contributed by atoms with Crippen LogP contribution < -0.4 is 4.90 Å². The Hall–Kier alpha value is -3.65. The molecular weight excluding hydrogens is 408 g/mol. The molecule has 0 saturated heterocycles. The summed E-state index contributed by atoms with van der Waals surface area (Å²) in [4.78, 5) is 23.2. The number of hydrogen-bond donors (Lipinski definition) is 0. The molecule has 5 aromatic rings. The van der Waals surface area contributed by atoms with Gasteiger partial charge in [-0.05, 0) is 30.3 Å². The molecule has 30 heavy (non-hydrogen) atoms. The van der Waals surface area contributed by atoms with E-state index in [1.807, 2.05) is 18.2 Å². The van der Waals surface area contributed by atoms with Gasteiger partial charge in [0.05, 0.1) is 16.9 Å². The first-order valence-corrected chi connectivity index (χ1v) is 9.86. The number of anilines is 1. The van der Waals surface area contributed by atoms with Crippen LogP contribution in [0.15, 0.2) is 71.3 Å². The maximum absolute atomic E-state index is 14.2. The van der Waals surface area contributed by atoms with Crippen LogP contribution in [0.25, 0.3) is 21.2 Å². The van der Waals surface area contributed by atoms with E-state index in [1.54, 1.807) is 36.5 Å². The van der Waals surface area contributed by atoms with E-state index in [2.05, 4.69) is 9.97 Å². The van der Waals surface area contributed by atoms with Crippen molar-refractivity contribution in [3.63, 3.8) is 0 Å². The third kappa shape index (κ3) is 3.31. The number of thiazole rings is 1. The van der Waals surface area contributed by atoms with Crippen LogP contribution in [0.1, 0.15) is 16.2 Å². The van der Waals surface area contributed by atoms with Crippen LogP contribution in [0, 0.1) is 11.6 Å². The summed E-state index contributed by atoms with van der Waals surface area (Å²) in [6.07, 6.45) is 1.62. The first kappa shape index (κ1) is 18.4. The standard InChI is InChI=1S/C22H13F2N3O2S/c23-14-10-16(24)20-19(11-14)30-22(26-20)27(12-15-6-3-4-8-25-15)21(28)18-9-13-5-1-2-7-17(13)29-18/h1-11H,12H2. The Morgan fingerprint density at radius 2 is 1.90 bits per heavy atom. The van der Waals surface area contributed by atoms with Gasteiger partial charge in [0.2, 0.25) is 0 Å². The molecule has 0 aliphatic carbocycles. The van der Waals surface area contributed by atoms with Gasteiger partial charge in [0, 0.05) is 17.6 Å². The van der Waals surface area contributed by atoms with Crippen LogP contribution in [-0.4, -0.2) is 15.9 Å². The second-order valence-electron chi connectivity index (χ2n) is 6.59. The second-order valence-corrected chi connectivity index (χ2v) is 7.60. The summed E-state index contributed by atoms with van der Waals surface area (Å²) in [7, 11) is 0. The van der Waals surface area contributed by atoms with E-state index in [-0.39, 0.29) is 23.0 Å². The summed E-state index contributed by atoms with van der Waals surface area (Å²) in [6.45, 7) is 0.0979. The van der Waals surface area contributed by atoms with E-state index in [0.29, 0.717) is 16.0 Å². The number of carbonyl (C=O) groups excluding carboxylic acids is 1. The first-order chi connectivity index (χ1) is 14.6. The van der Waals surface area contributed by atoms with Gasteiger partial charge in [0.25, 0.3) is 5.91 Å². The second kappa shape index (κ2) is 7.31. The highest BCUT2D eigenvalue weighted by atomic mass is 32.1. The van der Waals surface area contributed by atoms with Crippen LogP contribution in [0.5, 0.6) is 0 Å². The molecule has 0 fully saturated rings. The molecule has 0 bridgehead atoms. The molecule has 5 nitrogen and oxygen atoms in total. The monoisotopic (exact) mass is 421 g/mol. The Morgan fingerprint density at radius 1 is 1.07 bits per heavy atom. The minimum atomic E-state index is -0.776. The van der Waals surface area contributed by atoms with Gasteiger partial charge in [-0.15, -0.1) is 0 Å². The quantitative estimate of drug-likeness (QED) is 0.381. The molecule has 8 heteroatoms. The molecule has 2 aromatic carbocycles. The molecule has 0 atom stereocenters. The van der Waals surface area contributed by atoms with Crippen LogP contribution in [0.4, 0.5) is 13.9 Å². The third-order valence-electron chi connectivity index (χ3n) is 4.56. The smallest absolute Gasteiger partial charge is 0.296 e. The van der Waals surface area contributed by atoms with E-state index in [4.69, 9.17) is 4.42 Å². The fourth-order valence-corrected chi connectivity index (χ4v) is 4.16. The zero-order valence-electron chi connectivity index (χ0n) is 15.4. The summed E-state index contributed by atoms with van der Waals surface area (Å²) >= 11 is 1.03. The molecule has 0 saturated carbocycles. The van der Waals surface area contributed by atoms with Gasteiger partial charge in [-0.2, -0.15) is 0 Å². The number of amides is 1. The average molecular weight is 421 g/mol. The van der Waals surface area contributed by atoms with Crippen LogP contribution in [0.2, 0.25) is 0 Å². The molecule has 0 aliphatic rings. The van der Waals surface area contributed by atoms with E-state index >= 15 is 0 Å². The number of hydrogen-bond acceptors (Lipinski definition) is 5. The number of rotatable bonds is 4. The zero-order chi connectivity index (χ0) is 20.7. The van der Waals surface area contributed by atoms with Crippen molar-refractivity contribution in [1.82, 2.24) is 9.97 Å². The van der Waals surface area contributed by atoms with Gasteiger partial charge in [-0.3, -0.25) is 14.7 Å². The van der Waals surface area contributed by atoms with Crippen LogP contribution in [-0.2, 0) is 6.54 Å². The Bertz CT molecular complexity index is 1350. The largest absolute Gasteiger partial charge is 0.451 e. The third-order valence-corrected chi connectivity index (χ3v) is 5.59. The summed E-state index contributed by atoms with van der Waals surface area (Å²) in [5.41, 5.74) is 1.21. The fourth-order valence-electron chi connectivity index (χ4n) is 3.16. The average Bonchev–Trinajstić information content (AvgIpc) is 3.36. The van der Waals surface area contributed by atoms with Crippen molar-refractivity contribution in [2.75, 3.05) is 4.90 Å². The highest BCUT2D eigenvalue weighted by Gasteiger charge is 2.26. The number of carbonyl (C=O) groups is 1. The molecule has 148 valence electrons. The lowest BCUT2D eigenvalue weighted by atomic mass is 10.2. The lowest BCUT2D eigenvalue weighted by Gasteiger charge is -2.18. The minimum Gasteiger partial charge on any atom is -0.451 e. The lowest BCUT2D eigenvalue weighted by molar-refractivity contribution is 0.0960. The fraction of sp³-hybridized carbons (Fsp3) is 0.0455. The molecular formula is C22H13F2N3O2S. The Balaban J connectivity index is 1.61. The van der Waals surface area contributed by atoms with Crippen molar-refractivity contribution < 1.29 is 18.0 Å². The van der Waals surface area contributed by atoms with Gasteiger partial charge in [-0.25, -0.2) is 13.8 Å². The number of para-hydroxylation sites is 1. The highest BCUT2D eigenvalue weighted by Crippen LogP contribution is 2.33. The predicted molar refractivity (Wildman–Crippen MR) is 111 cm³/mol. The van der Waals surface area contributed by atoms with Gasteiger partial charge in [0.1, 0.15) is 16.9 Å². The topological polar surface area (TPSA) is 59.2 Å². The van der Waals surface area contributed by atoms with Crippen LogP contribution >= 0.6 is 11.3 Å². The number of furan rings is 1. The van der Waals surface area contributed by atoms with E-state index in [0.717, 1.165) is 22.8 Å².